The minimum Gasteiger partial charge on any atom is -0.480 e. The van der Waals surface area contributed by atoms with Gasteiger partial charge in [0, 0.05) is 5.56 Å². The zero-order chi connectivity index (χ0) is 15.2. The second-order valence-corrected chi connectivity index (χ2v) is 5.20. The number of aliphatic carboxylic acids is 1. The molecule has 0 bridgehead atoms. The highest BCUT2D eigenvalue weighted by Gasteiger charge is 2.22. The molecule has 1 aromatic carbocycles. The van der Waals surface area contributed by atoms with Crippen LogP contribution in [0.3, 0.4) is 0 Å². The van der Waals surface area contributed by atoms with Crippen LogP contribution < -0.4 is 0 Å². The molecule has 0 aliphatic heterocycles. The minimum atomic E-state index is -1.09. The third-order valence-corrected chi connectivity index (χ3v) is 3.74. The average molecular weight is 299 g/mol. The van der Waals surface area contributed by atoms with Crippen LogP contribution in [0.2, 0.25) is 0 Å². The number of rotatable bonds is 5. The molecular weight excluding hydrogens is 286 g/mol. The van der Waals surface area contributed by atoms with Gasteiger partial charge in [-0.2, -0.15) is 0 Å². The monoisotopic (exact) mass is 299 g/mol. The third-order valence-electron chi connectivity index (χ3n) is 2.84. The summed E-state index contributed by atoms with van der Waals surface area (Å²) in [7, 11) is 0. The molecule has 106 valence electrons. The Labute approximate surface area is 126 Å². The largest absolute Gasteiger partial charge is 0.480 e. The van der Waals surface area contributed by atoms with E-state index in [-0.39, 0.29) is 12.5 Å². The average Bonchev–Trinajstić information content (AvgIpc) is 2.96. The number of carboxylic acids is 1. The van der Waals surface area contributed by atoms with E-state index in [4.69, 9.17) is 11.5 Å². The van der Waals surface area contributed by atoms with Crippen molar-refractivity contribution in [3.8, 4) is 23.5 Å². The number of terminal acetylenes is 1. The molecule has 21 heavy (non-hydrogen) atoms. The maximum atomic E-state index is 12.5. The number of amides is 1. The number of carbonyl (C=O) groups excluding carboxylic acids is 1. The van der Waals surface area contributed by atoms with Crippen molar-refractivity contribution in [1.82, 2.24) is 4.90 Å². The Morgan fingerprint density at radius 3 is 2.57 bits per heavy atom. The molecule has 2 rings (SSSR count). The van der Waals surface area contributed by atoms with Crippen molar-refractivity contribution in [2.45, 2.75) is 0 Å². The molecular formula is C16H13NO3S. The molecule has 0 radical (unpaired) electrons. The Morgan fingerprint density at radius 1 is 1.24 bits per heavy atom. The van der Waals surface area contributed by atoms with Crippen molar-refractivity contribution >= 4 is 23.2 Å². The van der Waals surface area contributed by atoms with Gasteiger partial charge in [0.25, 0.3) is 5.91 Å². The summed E-state index contributed by atoms with van der Waals surface area (Å²) in [5.74, 6) is 0.878. The predicted molar refractivity (Wildman–Crippen MR) is 82.1 cm³/mol. The number of carbonyl (C=O) groups is 2. The fourth-order valence-electron chi connectivity index (χ4n) is 1.94. The molecule has 5 heteroatoms. The van der Waals surface area contributed by atoms with Crippen LogP contribution in [-0.4, -0.2) is 35.0 Å². The van der Waals surface area contributed by atoms with Crippen LogP contribution in [0, 0.1) is 12.3 Å². The van der Waals surface area contributed by atoms with Gasteiger partial charge in [-0.25, -0.2) is 0 Å². The number of thiophene rings is 1. The quantitative estimate of drug-likeness (QED) is 0.863. The van der Waals surface area contributed by atoms with E-state index in [2.05, 4.69) is 5.92 Å². The van der Waals surface area contributed by atoms with Crippen molar-refractivity contribution in [2.24, 2.45) is 0 Å². The summed E-state index contributed by atoms with van der Waals surface area (Å²) < 4.78 is 0. The number of benzene rings is 1. The highest BCUT2D eigenvalue weighted by atomic mass is 32.1. The molecule has 0 aliphatic rings. The van der Waals surface area contributed by atoms with Crippen molar-refractivity contribution in [3.05, 3.63) is 46.7 Å². The topological polar surface area (TPSA) is 57.6 Å². The predicted octanol–water partition coefficient (Wildman–Crippen LogP) is 2.58. The number of nitrogens with zero attached hydrogens (tertiary/aromatic N) is 1. The molecule has 0 saturated heterocycles. The second-order valence-electron chi connectivity index (χ2n) is 4.29. The Bertz CT molecular complexity index is 685. The Kier molecular flexibility index (Phi) is 4.75. The second kappa shape index (κ2) is 6.73. The maximum absolute atomic E-state index is 12.5. The molecule has 1 heterocycles. The normalized spacial score (nSPS) is 9.86. The highest BCUT2D eigenvalue weighted by Crippen LogP contribution is 2.29. The van der Waals surface area contributed by atoms with E-state index in [1.807, 2.05) is 41.8 Å². The van der Waals surface area contributed by atoms with E-state index < -0.39 is 12.5 Å². The van der Waals surface area contributed by atoms with Gasteiger partial charge in [0.05, 0.1) is 11.4 Å². The van der Waals surface area contributed by atoms with Crippen LogP contribution in [0.1, 0.15) is 9.67 Å². The van der Waals surface area contributed by atoms with Gasteiger partial charge in [0.15, 0.2) is 0 Å². The van der Waals surface area contributed by atoms with Gasteiger partial charge in [0.1, 0.15) is 6.54 Å². The lowest BCUT2D eigenvalue weighted by Crippen LogP contribution is -2.35. The third kappa shape index (κ3) is 3.50. The summed E-state index contributed by atoms with van der Waals surface area (Å²) in [6, 6.07) is 11.3. The molecule has 0 spiro atoms. The molecule has 1 aromatic heterocycles. The molecule has 0 aliphatic carbocycles. The molecule has 0 saturated carbocycles. The van der Waals surface area contributed by atoms with E-state index in [1.54, 1.807) is 0 Å². The molecule has 0 atom stereocenters. The van der Waals surface area contributed by atoms with Gasteiger partial charge in [-0.1, -0.05) is 36.3 Å². The van der Waals surface area contributed by atoms with Gasteiger partial charge >= 0.3 is 5.97 Å². The van der Waals surface area contributed by atoms with E-state index >= 15 is 0 Å². The molecule has 2 aromatic rings. The molecule has 1 amide bonds. The maximum Gasteiger partial charge on any atom is 0.323 e. The molecule has 4 nitrogen and oxygen atoms in total. The van der Waals surface area contributed by atoms with E-state index in [0.717, 1.165) is 16.0 Å². The summed E-state index contributed by atoms with van der Waals surface area (Å²) in [6.07, 6.45) is 5.21. The molecule has 1 N–H and O–H groups in total. The summed E-state index contributed by atoms with van der Waals surface area (Å²) in [6.45, 7) is -0.438. The first-order valence-corrected chi connectivity index (χ1v) is 7.09. The molecule has 0 unspecified atom stereocenters. The Hall–Kier alpha value is -2.58. The fraction of sp³-hybridized carbons (Fsp3) is 0.125. The number of hydrogen-bond donors (Lipinski definition) is 1. The highest BCUT2D eigenvalue weighted by molar-refractivity contribution is 7.12. The molecule has 0 fully saturated rings. The first-order chi connectivity index (χ1) is 10.1. The zero-order valence-electron chi connectivity index (χ0n) is 11.2. The van der Waals surface area contributed by atoms with Gasteiger partial charge in [-0.15, -0.1) is 17.8 Å². The smallest absolute Gasteiger partial charge is 0.323 e. The SMILES string of the molecule is C#CCN(CC(=O)O)C(=O)c1sccc1-c1ccccc1. The van der Waals surface area contributed by atoms with Gasteiger partial charge < -0.3 is 10.0 Å². The van der Waals surface area contributed by atoms with Crippen molar-refractivity contribution in [3.63, 3.8) is 0 Å². The van der Waals surface area contributed by atoms with Crippen molar-refractivity contribution in [1.29, 1.82) is 0 Å². The van der Waals surface area contributed by atoms with Crippen LogP contribution in [-0.2, 0) is 4.79 Å². The minimum absolute atomic E-state index is 0.0305. The van der Waals surface area contributed by atoms with E-state index in [0.29, 0.717) is 4.88 Å². The van der Waals surface area contributed by atoms with Crippen LogP contribution in [0.4, 0.5) is 0 Å². The van der Waals surface area contributed by atoms with Crippen LogP contribution in [0.5, 0.6) is 0 Å². The lowest BCUT2D eigenvalue weighted by atomic mass is 10.1. The first-order valence-electron chi connectivity index (χ1n) is 6.21. The van der Waals surface area contributed by atoms with E-state index in [9.17, 15) is 9.59 Å². The standard InChI is InChI=1S/C16H13NO3S/c1-2-9-17(11-14(18)19)16(20)15-13(8-10-21-15)12-6-4-3-5-7-12/h1,3-8,10H,9,11H2,(H,18,19). The summed E-state index contributed by atoms with van der Waals surface area (Å²) in [4.78, 5) is 25.0. The van der Waals surface area contributed by atoms with Gasteiger partial charge in [-0.05, 0) is 17.0 Å². The van der Waals surface area contributed by atoms with Crippen molar-refractivity contribution < 1.29 is 14.7 Å². The lowest BCUT2D eigenvalue weighted by molar-refractivity contribution is -0.137. The Morgan fingerprint density at radius 2 is 1.95 bits per heavy atom. The van der Waals surface area contributed by atoms with Crippen LogP contribution >= 0.6 is 11.3 Å². The van der Waals surface area contributed by atoms with Crippen LogP contribution in [0.15, 0.2) is 41.8 Å². The Balaban J connectivity index is 2.34. The van der Waals surface area contributed by atoms with E-state index in [1.165, 1.54) is 11.3 Å². The summed E-state index contributed by atoms with van der Waals surface area (Å²) in [5, 5.41) is 10.7. The number of hydrogen-bond acceptors (Lipinski definition) is 3. The van der Waals surface area contributed by atoms with Crippen molar-refractivity contribution in [2.75, 3.05) is 13.1 Å². The van der Waals surface area contributed by atoms with Crippen LogP contribution in [0.25, 0.3) is 11.1 Å². The zero-order valence-corrected chi connectivity index (χ0v) is 12.0. The van der Waals surface area contributed by atoms with Gasteiger partial charge in [-0.3, -0.25) is 9.59 Å². The fourth-order valence-corrected chi connectivity index (χ4v) is 2.82. The van der Waals surface area contributed by atoms with Gasteiger partial charge in [0.2, 0.25) is 0 Å². The summed E-state index contributed by atoms with van der Waals surface area (Å²) in [5.41, 5.74) is 1.70. The lowest BCUT2D eigenvalue weighted by Gasteiger charge is -2.17. The summed E-state index contributed by atoms with van der Waals surface area (Å²) >= 11 is 1.28. The first kappa shape index (κ1) is 14.8. The number of carboxylic acid groups (broad SMARTS) is 1.